The van der Waals surface area contributed by atoms with Crippen molar-refractivity contribution in [3.05, 3.63) is 45.7 Å². The fourth-order valence-corrected chi connectivity index (χ4v) is 2.28. The predicted molar refractivity (Wildman–Crippen MR) is 73.5 cm³/mol. The van der Waals surface area contributed by atoms with Crippen LogP contribution in [0.4, 0.5) is 10.1 Å². The van der Waals surface area contributed by atoms with E-state index in [2.05, 4.69) is 4.98 Å². The van der Waals surface area contributed by atoms with E-state index < -0.39 is 5.82 Å². The topological polar surface area (TPSA) is 59.2 Å². The quantitative estimate of drug-likeness (QED) is 0.878. The van der Waals surface area contributed by atoms with Gasteiger partial charge in [0.2, 0.25) is 0 Å². The number of carbonyl (C=O) groups excluding carboxylic acids is 1. The SMILES string of the molecule is Cc1nc(CN(C)C(=O)c2ccc(N)c(F)c2)cs1. The smallest absolute Gasteiger partial charge is 0.254 e. The first kappa shape index (κ1) is 13.5. The van der Waals surface area contributed by atoms with Crippen molar-refractivity contribution in [2.75, 3.05) is 12.8 Å². The average molecular weight is 279 g/mol. The number of nitrogens with zero attached hydrogens (tertiary/aromatic N) is 2. The lowest BCUT2D eigenvalue weighted by molar-refractivity contribution is 0.0783. The highest BCUT2D eigenvalue weighted by molar-refractivity contribution is 7.09. The van der Waals surface area contributed by atoms with Crippen LogP contribution in [-0.2, 0) is 6.54 Å². The number of rotatable bonds is 3. The molecule has 100 valence electrons. The maximum absolute atomic E-state index is 13.3. The van der Waals surface area contributed by atoms with Gasteiger partial charge in [0.05, 0.1) is 22.9 Å². The molecule has 4 nitrogen and oxygen atoms in total. The zero-order chi connectivity index (χ0) is 14.0. The number of halogens is 1. The van der Waals surface area contributed by atoms with Crippen LogP contribution in [0.2, 0.25) is 0 Å². The van der Waals surface area contributed by atoms with Gasteiger partial charge >= 0.3 is 0 Å². The second-order valence-electron chi connectivity index (χ2n) is 4.26. The molecule has 2 rings (SSSR count). The van der Waals surface area contributed by atoms with E-state index in [1.165, 1.54) is 28.4 Å². The van der Waals surface area contributed by atoms with Crippen molar-refractivity contribution in [1.82, 2.24) is 9.88 Å². The van der Waals surface area contributed by atoms with Crippen molar-refractivity contribution < 1.29 is 9.18 Å². The summed E-state index contributed by atoms with van der Waals surface area (Å²) in [6.45, 7) is 2.31. The molecule has 2 aromatic rings. The number of hydrogen-bond donors (Lipinski definition) is 1. The average Bonchev–Trinajstić information content (AvgIpc) is 2.77. The summed E-state index contributed by atoms with van der Waals surface area (Å²) in [6.07, 6.45) is 0. The fourth-order valence-electron chi connectivity index (χ4n) is 1.68. The number of anilines is 1. The van der Waals surface area contributed by atoms with E-state index in [9.17, 15) is 9.18 Å². The molecule has 19 heavy (non-hydrogen) atoms. The summed E-state index contributed by atoms with van der Waals surface area (Å²) >= 11 is 1.53. The highest BCUT2D eigenvalue weighted by Gasteiger charge is 2.14. The van der Waals surface area contributed by atoms with E-state index in [1.807, 2.05) is 12.3 Å². The molecule has 6 heteroatoms. The molecular formula is C13H14FN3OS. The lowest BCUT2D eigenvalue weighted by Crippen LogP contribution is -2.26. The van der Waals surface area contributed by atoms with Crippen LogP contribution < -0.4 is 5.73 Å². The molecule has 1 aromatic heterocycles. The molecule has 1 aromatic carbocycles. The third kappa shape index (κ3) is 3.08. The Kier molecular flexibility index (Phi) is 3.80. The van der Waals surface area contributed by atoms with Crippen molar-refractivity contribution in [3.63, 3.8) is 0 Å². The number of hydrogen-bond acceptors (Lipinski definition) is 4. The van der Waals surface area contributed by atoms with E-state index in [4.69, 9.17) is 5.73 Å². The van der Waals surface area contributed by atoms with E-state index in [0.29, 0.717) is 6.54 Å². The Morgan fingerprint density at radius 1 is 1.53 bits per heavy atom. The Labute approximate surface area is 114 Å². The highest BCUT2D eigenvalue weighted by Crippen LogP contribution is 2.15. The summed E-state index contributed by atoms with van der Waals surface area (Å²) in [5.41, 5.74) is 6.53. The van der Waals surface area contributed by atoms with Gasteiger partial charge in [-0.25, -0.2) is 9.37 Å². The third-order valence-electron chi connectivity index (χ3n) is 2.66. The summed E-state index contributed by atoms with van der Waals surface area (Å²) < 4.78 is 13.3. The van der Waals surface area contributed by atoms with Gasteiger partial charge in [-0.05, 0) is 25.1 Å². The number of carbonyl (C=O) groups is 1. The first-order valence-electron chi connectivity index (χ1n) is 5.69. The molecule has 1 amide bonds. The van der Waals surface area contributed by atoms with E-state index >= 15 is 0 Å². The van der Waals surface area contributed by atoms with Gasteiger partial charge in [-0.15, -0.1) is 11.3 Å². The lowest BCUT2D eigenvalue weighted by Gasteiger charge is -2.16. The number of amides is 1. The normalized spacial score (nSPS) is 10.5. The van der Waals surface area contributed by atoms with Gasteiger partial charge in [-0.2, -0.15) is 0 Å². The van der Waals surface area contributed by atoms with E-state index in [1.54, 1.807) is 7.05 Å². The molecule has 0 aliphatic carbocycles. The maximum Gasteiger partial charge on any atom is 0.254 e. The maximum atomic E-state index is 13.3. The largest absolute Gasteiger partial charge is 0.396 e. The number of aromatic nitrogens is 1. The van der Waals surface area contributed by atoms with Gasteiger partial charge in [-0.3, -0.25) is 4.79 Å². The van der Waals surface area contributed by atoms with Crippen LogP contribution in [0.25, 0.3) is 0 Å². The highest BCUT2D eigenvalue weighted by atomic mass is 32.1. The lowest BCUT2D eigenvalue weighted by atomic mass is 10.1. The second-order valence-corrected chi connectivity index (χ2v) is 5.32. The molecule has 1 heterocycles. The van der Waals surface area contributed by atoms with Gasteiger partial charge in [0.15, 0.2) is 0 Å². The molecule has 0 radical (unpaired) electrons. The molecule has 0 fully saturated rings. The minimum Gasteiger partial charge on any atom is -0.396 e. The predicted octanol–water partition coefficient (Wildman–Crippen LogP) is 2.45. The van der Waals surface area contributed by atoms with Gasteiger partial charge in [0.25, 0.3) is 5.91 Å². The molecule has 0 atom stereocenters. The van der Waals surface area contributed by atoms with Crippen molar-refractivity contribution in [3.8, 4) is 0 Å². The minimum absolute atomic E-state index is 0.0364. The number of benzene rings is 1. The number of nitrogens with two attached hydrogens (primary N) is 1. The summed E-state index contributed by atoms with van der Waals surface area (Å²) in [4.78, 5) is 17.9. The third-order valence-corrected chi connectivity index (χ3v) is 3.48. The van der Waals surface area contributed by atoms with Crippen LogP contribution in [0, 0.1) is 12.7 Å². The van der Waals surface area contributed by atoms with Crippen LogP contribution in [-0.4, -0.2) is 22.8 Å². The molecular weight excluding hydrogens is 265 g/mol. The number of thiazole rings is 1. The van der Waals surface area contributed by atoms with Crippen LogP contribution in [0.15, 0.2) is 23.6 Å². The van der Waals surface area contributed by atoms with Crippen molar-refractivity contribution in [2.24, 2.45) is 0 Å². The summed E-state index contributed by atoms with van der Waals surface area (Å²) in [7, 11) is 1.66. The molecule has 0 spiro atoms. The monoisotopic (exact) mass is 279 g/mol. The number of aryl methyl sites for hydroxylation is 1. The van der Waals surface area contributed by atoms with Crippen molar-refractivity contribution in [1.29, 1.82) is 0 Å². The molecule has 0 aliphatic heterocycles. The minimum atomic E-state index is -0.580. The van der Waals surface area contributed by atoms with E-state index in [-0.39, 0.29) is 17.2 Å². The second kappa shape index (κ2) is 5.36. The van der Waals surface area contributed by atoms with Gasteiger partial charge in [-0.1, -0.05) is 0 Å². The molecule has 0 unspecified atom stereocenters. The van der Waals surface area contributed by atoms with Gasteiger partial charge < -0.3 is 10.6 Å². The van der Waals surface area contributed by atoms with Crippen molar-refractivity contribution in [2.45, 2.75) is 13.5 Å². The Hall–Kier alpha value is -1.95. The zero-order valence-corrected chi connectivity index (χ0v) is 11.5. The first-order chi connectivity index (χ1) is 8.97. The Balaban J connectivity index is 2.12. The summed E-state index contributed by atoms with van der Waals surface area (Å²) in [5.74, 6) is -0.840. The molecule has 0 bridgehead atoms. The summed E-state index contributed by atoms with van der Waals surface area (Å²) in [5, 5.41) is 2.86. The molecule has 0 aliphatic rings. The van der Waals surface area contributed by atoms with Crippen LogP contribution in [0.3, 0.4) is 0 Å². The Morgan fingerprint density at radius 2 is 2.26 bits per heavy atom. The van der Waals surface area contributed by atoms with Crippen LogP contribution in [0.5, 0.6) is 0 Å². The molecule has 2 N–H and O–H groups in total. The standard InChI is InChI=1S/C13H14FN3OS/c1-8-16-10(7-19-8)6-17(2)13(18)9-3-4-12(15)11(14)5-9/h3-5,7H,6,15H2,1-2H3. The fraction of sp³-hybridized carbons (Fsp3) is 0.231. The Bertz CT molecular complexity index is 612. The van der Waals surface area contributed by atoms with Gasteiger partial charge in [0, 0.05) is 18.0 Å². The molecule has 0 saturated heterocycles. The number of nitrogen functional groups attached to an aromatic ring is 1. The van der Waals surface area contributed by atoms with Crippen LogP contribution >= 0.6 is 11.3 Å². The summed E-state index contributed by atoms with van der Waals surface area (Å²) in [6, 6.07) is 4.06. The molecule has 0 saturated carbocycles. The first-order valence-corrected chi connectivity index (χ1v) is 6.57. The van der Waals surface area contributed by atoms with Crippen molar-refractivity contribution >= 4 is 22.9 Å². The van der Waals surface area contributed by atoms with Crippen LogP contribution in [0.1, 0.15) is 21.1 Å². The van der Waals surface area contributed by atoms with E-state index in [0.717, 1.165) is 16.8 Å². The van der Waals surface area contributed by atoms with Gasteiger partial charge in [0.1, 0.15) is 5.82 Å². The Morgan fingerprint density at radius 3 is 2.84 bits per heavy atom. The zero-order valence-electron chi connectivity index (χ0n) is 10.7.